The van der Waals surface area contributed by atoms with Gasteiger partial charge in [-0.3, -0.25) is 4.79 Å². The SMILES string of the molecule is CC1CCCC(NC(=O)[C@@H](N)Cc2ccccc2)C1.Cl. The van der Waals surface area contributed by atoms with Crippen molar-refractivity contribution in [1.29, 1.82) is 0 Å². The van der Waals surface area contributed by atoms with Crippen LogP contribution in [0.25, 0.3) is 0 Å². The Kier molecular flexibility index (Phi) is 7.03. The predicted octanol–water partition coefficient (Wildman–Crippen LogP) is 2.67. The van der Waals surface area contributed by atoms with Gasteiger partial charge in [-0.2, -0.15) is 0 Å². The van der Waals surface area contributed by atoms with E-state index in [1.165, 1.54) is 12.8 Å². The number of benzene rings is 1. The van der Waals surface area contributed by atoms with Gasteiger partial charge in [0.2, 0.25) is 5.91 Å². The van der Waals surface area contributed by atoms with Crippen LogP contribution in [-0.4, -0.2) is 18.0 Å². The monoisotopic (exact) mass is 296 g/mol. The summed E-state index contributed by atoms with van der Waals surface area (Å²) < 4.78 is 0. The zero-order chi connectivity index (χ0) is 13.7. The Morgan fingerprint density at radius 3 is 2.70 bits per heavy atom. The van der Waals surface area contributed by atoms with E-state index in [1.807, 2.05) is 30.3 Å². The first kappa shape index (κ1) is 17.0. The van der Waals surface area contributed by atoms with Crippen molar-refractivity contribution in [2.24, 2.45) is 11.7 Å². The van der Waals surface area contributed by atoms with E-state index in [-0.39, 0.29) is 18.3 Å². The van der Waals surface area contributed by atoms with Crippen LogP contribution in [0.5, 0.6) is 0 Å². The second kappa shape index (κ2) is 8.28. The van der Waals surface area contributed by atoms with Crippen LogP contribution in [-0.2, 0) is 11.2 Å². The first-order valence-corrected chi connectivity index (χ1v) is 7.25. The molecule has 2 rings (SSSR count). The lowest BCUT2D eigenvalue weighted by molar-refractivity contribution is -0.123. The predicted molar refractivity (Wildman–Crippen MR) is 84.9 cm³/mol. The number of hydrogen-bond acceptors (Lipinski definition) is 2. The van der Waals surface area contributed by atoms with Gasteiger partial charge in [0, 0.05) is 6.04 Å². The van der Waals surface area contributed by atoms with Gasteiger partial charge in [-0.05, 0) is 30.7 Å². The van der Waals surface area contributed by atoms with Crippen molar-refractivity contribution in [3.63, 3.8) is 0 Å². The van der Waals surface area contributed by atoms with Crippen LogP contribution in [0.4, 0.5) is 0 Å². The zero-order valence-corrected chi connectivity index (χ0v) is 12.9. The normalized spacial score (nSPS) is 23.5. The molecule has 2 unspecified atom stereocenters. The maximum atomic E-state index is 12.1. The third-order valence-corrected chi connectivity index (χ3v) is 3.92. The van der Waals surface area contributed by atoms with Crippen LogP contribution in [0.15, 0.2) is 30.3 Å². The lowest BCUT2D eigenvalue weighted by Crippen LogP contribution is -2.47. The first-order chi connectivity index (χ1) is 9.15. The molecule has 0 heterocycles. The average Bonchev–Trinajstić information content (AvgIpc) is 2.40. The molecule has 20 heavy (non-hydrogen) atoms. The van der Waals surface area contributed by atoms with E-state index >= 15 is 0 Å². The summed E-state index contributed by atoms with van der Waals surface area (Å²) in [5.41, 5.74) is 7.10. The summed E-state index contributed by atoms with van der Waals surface area (Å²) in [6.07, 6.45) is 5.27. The van der Waals surface area contributed by atoms with Crippen molar-refractivity contribution in [2.45, 2.75) is 51.1 Å². The molecule has 1 saturated carbocycles. The van der Waals surface area contributed by atoms with Gasteiger partial charge in [-0.1, -0.05) is 50.1 Å². The molecule has 1 amide bonds. The fraction of sp³-hybridized carbons (Fsp3) is 0.562. The van der Waals surface area contributed by atoms with E-state index in [4.69, 9.17) is 5.73 Å². The van der Waals surface area contributed by atoms with Gasteiger partial charge in [0.25, 0.3) is 0 Å². The highest BCUT2D eigenvalue weighted by Gasteiger charge is 2.22. The van der Waals surface area contributed by atoms with E-state index in [2.05, 4.69) is 12.2 Å². The zero-order valence-electron chi connectivity index (χ0n) is 12.0. The number of nitrogens with two attached hydrogens (primary N) is 1. The summed E-state index contributed by atoms with van der Waals surface area (Å²) in [4.78, 5) is 12.1. The molecule has 1 aliphatic carbocycles. The molecule has 1 aromatic carbocycles. The minimum Gasteiger partial charge on any atom is -0.352 e. The van der Waals surface area contributed by atoms with Crippen LogP contribution >= 0.6 is 12.4 Å². The van der Waals surface area contributed by atoms with Crippen molar-refractivity contribution >= 4 is 18.3 Å². The second-order valence-electron chi connectivity index (χ2n) is 5.77. The van der Waals surface area contributed by atoms with Gasteiger partial charge in [0.1, 0.15) is 0 Å². The highest BCUT2D eigenvalue weighted by atomic mass is 35.5. The molecule has 4 heteroatoms. The summed E-state index contributed by atoms with van der Waals surface area (Å²) in [5.74, 6) is 0.701. The van der Waals surface area contributed by atoms with Gasteiger partial charge < -0.3 is 11.1 Å². The number of hydrogen-bond donors (Lipinski definition) is 2. The van der Waals surface area contributed by atoms with Crippen LogP contribution in [0, 0.1) is 5.92 Å². The third-order valence-electron chi connectivity index (χ3n) is 3.92. The molecule has 1 fully saturated rings. The maximum Gasteiger partial charge on any atom is 0.237 e. The van der Waals surface area contributed by atoms with Gasteiger partial charge in [-0.25, -0.2) is 0 Å². The van der Waals surface area contributed by atoms with E-state index < -0.39 is 6.04 Å². The summed E-state index contributed by atoms with van der Waals surface area (Å²) in [6.45, 7) is 2.25. The number of rotatable bonds is 4. The molecule has 112 valence electrons. The third kappa shape index (κ3) is 5.14. The smallest absolute Gasteiger partial charge is 0.237 e. The molecular weight excluding hydrogens is 272 g/mol. The van der Waals surface area contributed by atoms with Gasteiger partial charge >= 0.3 is 0 Å². The fourth-order valence-corrected chi connectivity index (χ4v) is 2.83. The standard InChI is InChI=1S/C16H24N2O.ClH/c1-12-6-5-9-14(10-12)18-16(19)15(17)11-13-7-3-2-4-8-13;/h2-4,7-8,12,14-15H,5-6,9-11,17H2,1H3,(H,18,19);1H/t12?,14?,15-;/m0./s1. The molecule has 0 bridgehead atoms. The van der Waals surface area contributed by atoms with Gasteiger partial charge in [-0.15, -0.1) is 12.4 Å². The molecule has 3 atom stereocenters. The van der Waals surface area contributed by atoms with Crippen LogP contribution in [0.2, 0.25) is 0 Å². The van der Waals surface area contributed by atoms with Crippen molar-refractivity contribution in [1.82, 2.24) is 5.32 Å². The Hall–Kier alpha value is -1.06. The number of amides is 1. The molecule has 3 N–H and O–H groups in total. The van der Waals surface area contributed by atoms with Crippen LogP contribution in [0.1, 0.15) is 38.2 Å². The van der Waals surface area contributed by atoms with Gasteiger partial charge in [0.05, 0.1) is 6.04 Å². The minimum absolute atomic E-state index is 0. The lowest BCUT2D eigenvalue weighted by atomic mass is 9.87. The van der Waals surface area contributed by atoms with E-state index in [0.717, 1.165) is 18.4 Å². The first-order valence-electron chi connectivity index (χ1n) is 7.25. The van der Waals surface area contributed by atoms with E-state index in [1.54, 1.807) is 0 Å². The van der Waals surface area contributed by atoms with Crippen molar-refractivity contribution in [3.8, 4) is 0 Å². The average molecular weight is 297 g/mol. The van der Waals surface area contributed by atoms with E-state index in [0.29, 0.717) is 18.4 Å². The number of nitrogens with one attached hydrogen (secondary N) is 1. The summed E-state index contributed by atoms with van der Waals surface area (Å²) in [5, 5.41) is 3.11. The Bertz CT molecular complexity index is 410. The Morgan fingerprint density at radius 1 is 1.35 bits per heavy atom. The minimum atomic E-state index is -0.445. The molecular formula is C16H25ClN2O. The van der Waals surface area contributed by atoms with E-state index in [9.17, 15) is 4.79 Å². The quantitative estimate of drug-likeness (QED) is 0.897. The number of carbonyl (C=O) groups is 1. The molecule has 3 nitrogen and oxygen atoms in total. The lowest BCUT2D eigenvalue weighted by Gasteiger charge is -2.28. The van der Waals surface area contributed by atoms with Crippen LogP contribution < -0.4 is 11.1 Å². The molecule has 0 aliphatic heterocycles. The summed E-state index contributed by atoms with van der Waals surface area (Å²) in [6, 6.07) is 9.81. The number of carbonyl (C=O) groups excluding carboxylic acids is 1. The fourth-order valence-electron chi connectivity index (χ4n) is 2.83. The molecule has 0 radical (unpaired) electrons. The Morgan fingerprint density at radius 2 is 2.05 bits per heavy atom. The largest absolute Gasteiger partial charge is 0.352 e. The topological polar surface area (TPSA) is 55.1 Å². The summed E-state index contributed by atoms with van der Waals surface area (Å²) in [7, 11) is 0. The summed E-state index contributed by atoms with van der Waals surface area (Å²) >= 11 is 0. The van der Waals surface area contributed by atoms with Gasteiger partial charge in [0.15, 0.2) is 0 Å². The van der Waals surface area contributed by atoms with Crippen molar-refractivity contribution in [2.75, 3.05) is 0 Å². The molecule has 0 spiro atoms. The van der Waals surface area contributed by atoms with Crippen molar-refractivity contribution < 1.29 is 4.79 Å². The second-order valence-corrected chi connectivity index (χ2v) is 5.77. The molecule has 1 aliphatic rings. The Labute approximate surface area is 127 Å². The van der Waals surface area contributed by atoms with Crippen molar-refractivity contribution in [3.05, 3.63) is 35.9 Å². The highest BCUT2D eigenvalue weighted by Crippen LogP contribution is 2.23. The number of halogens is 1. The molecule has 1 aromatic rings. The molecule has 0 aromatic heterocycles. The molecule has 0 saturated heterocycles. The maximum absolute atomic E-state index is 12.1. The Balaban J connectivity index is 0.00000200. The highest BCUT2D eigenvalue weighted by molar-refractivity contribution is 5.85. The van der Waals surface area contributed by atoms with Crippen LogP contribution in [0.3, 0.4) is 0 Å².